The number of halogens is 4. The molecule has 0 unspecified atom stereocenters. The topological polar surface area (TPSA) is 12.9 Å². The number of hydrogen-bond donors (Lipinski definition) is 0. The number of benzene rings is 2. The molecule has 0 fully saturated rings. The lowest BCUT2D eigenvalue weighted by atomic mass is 10.0. The molecule has 0 N–H and O–H groups in total. The predicted molar refractivity (Wildman–Crippen MR) is 75.1 cm³/mol. The van der Waals surface area contributed by atoms with Gasteiger partial charge in [0.25, 0.3) is 0 Å². The van der Waals surface area contributed by atoms with E-state index in [1.54, 1.807) is 0 Å². The van der Waals surface area contributed by atoms with Crippen molar-refractivity contribution >= 4 is 33.2 Å². The van der Waals surface area contributed by atoms with Gasteiger partial charge in [0.2, 0.25) is 0 Å². The largest absolute Gasteiger partial charge is 0.416 e. The number of para-hydroxylation sites is 1. The zero-order chi connectivity index (χ0) is 14.3. The summed E-state index contributed by atoms with van der Waals surface area (Å²) >= 11 is 7.23. The van der Waals surface area contributed by atoms with E-state index in [1.165, 1.54) is 23.5 Å². The number of aromatic nitrogens is 1. The van der Waals surface area contributed by atoms with Crippen LogP contribution >= 0.6 is 22.9 Å². The van der Waals surface area contributed by atoms with Gasteiger partial charge in [-0.15, -0.1) is 11.3 Å². The molecule has 0 aliphatic carbocycles. The maximum absolute atomic E-state index is 12.6. The van der Waals surface area contributed by atoms with Crippen molar-refractivity contribution in [2.45, 2.75) is 6.18 Å². The number of fused-ring (bicyclic) bond motifs is 1. The van der Waals surface area contributed by atoms with Crippen LogP contribution in [0.3, 0.4) is 0 Å². The van der Waals surface area contributed by atoms with E-state index in [-0.39, 0.29) is 0 Å². The highest BCUT2D eigenvalue weighted by molar-refractivity contribution is 7.22. The third kappa shape index (κ3) is 2.39. The predicted octanol–water partition coefficient (Wildman–Crippen LogP) is 5.64. The lowest BCUT2D eigenvalue weighted by Gasteiger charge is -2.08. The van der Waals surface area contributed by atoms with Gasteiger partial charge in [-0.1, -0.05) is 35.9 Å². The molecule has 0 radical (unpaired) electrons. The molecule has 0 saturated heterocycles. The Morgan fingerprint density at radius 2 is 1.70 bits per heavy atom. The second-order valence-electron chi connectivity index (χ2n) is 4.19. The molecule has 1 aromatic heterocycles. The van der Waals surface area contributed by atoms with Crippen LogP contribution in [0.1, 0.15) is 5.56 Å². The summed E-state index contributed by atoms with van der Waals surface area (Å²) in [6, 6.07) is 10.6. The fourth-order valence-corrected chi connectivity index (χ4v) is 3.04. The van der Waals surface area contributed by atoms with Crippen molar-refractivity contribution in [3.05, 3.63) is 52.5 Å². The van der Waals surface area contributed by atoms with Crippen molar-refractivity contribution < 1.29 is 13.2 Å². The highest BCUT2D eigenvalue weighted by atomic mass is 35.5. The molecule has 0 spiro atoms. The van der Waals surface area contributed by atoms with Crippen LogP contribution in [0.15, 0.2) is 42.5 Å². The summed E-state index contributed by atoms with van der Waals surface area (Å²) in [5.74, 6) is 0. The lowest BCUT2D eigenvalue weighted by Crippen LogP contribution is -2.03. The second kappa shape index (κ2) is 4.75. The molecule has 0 aliphatic rings. The third-order valence-corrected chi connectivity index (χ3v) is 4.04. The van der Waals surface area contributed by atoms with Crippen LogP contribution in [0.5, 0.6) is 0 Å². The molecular weight excluding hydrogens is 307 g/mol. The molecule has 0 aliphatic heterocycles. The van der Waals surface area contributed by atoms with Crippen LogP contribution in [-0.2, 0) is 6.18 Å². The van der Waals surface area contributed by atoms with Crippen LogP contribution in [0.25, 0.3) is 21.3 Å². The van der Waals surface area contributed by atoms with Crippen molar-refractivity contribution in [1.82, 2.24) is 4.98 Å². The number of nitrogens with zero attached hydrogens (tertiary/aromatic N) is 1. The fraction of sp³-hybridized carbons (Fsp3) is 0.0714. The molecule has 0 amide bonds. The van der Waals surface area contributed by atoms with Gasteiger partial charge in [0.1, 0.15) is 0 Å². The smallest absolute Gasteiger partial charge is 0.224 e. The lowest BCUT2D eigenvalue weighted by molar-refractivity contribution is -0.137. The fourth-order valence-electron chi connectivity index (χ4n) is 1.99. The van der Waals surface area contributed by atoms with Crippen molar-refractivity contribution in [3.8, 4) is 11.1 Å². The van der Waals surface area contributed by atoms with Gasteiger partial charge in [-0.3, -0.25) is 0 Å². The van der Waals surface area contributed by atoms with Crippen LogP contribution in [0.4, 0.5) is 13.2 Å². The van der Waals surface area contributed by atoms with Gasteiger partial charge in [-0.2, -0.15) is 13.2 Å². The van der Waals surface area contributed by atoms with Crippen molar-refractivity contribution in [1.29, 1.82) is 0 Å². The van der Waals surface area contributed by atoms with Gasteiger partial charge in [-0.05, 0) is 23.8 Å². The minimum Gasteiger partial charge on any atom is -0.224 e. The van der Waals surface area contributed by atoms with Crippen molar-refractivity contribution in [2.75, 3.05) is 0 Å². The molecular formula is C14H7ClF3NS. The first-order valence-corrected chi connectivity index (χ1v) is 6.87. The molecule has 0 atom stereocenters. The third-order valence-electron chi connectivity index (χ3n) is 2.92. The summed E-state index contributed by atoms with van der Waals surface area (Å²) in [6.45, 7) is 0. The van der Waals surface area contributed by atoms with Crippen molar-refractivity contribution in [2.24, 2.45) is 0 Å². The molecule has 0 saturated carbocycles. The van der Waals surface area contributed by atoms with E-state index in [2.05, 4.69) is 4.98 Å². The molecule has 3 aromatic rings. The summed E-state index contributed by atoms with van der Waals surface area (Å²) < 4.78 is 39.0. The molecule has 3 rings (SSSR count). The number of thiazole rings is 1. The van der Waals surface area contributed by atoms with Gasteiger partial charge in [0.15, 0.2) is 4.47 Å². The van der Waals surface area contributed by atoms with Gasteiger partial charge in [-0.25, -0.2) is 4.98 Å². The zero-order valence-electron chi connectivity index (χ0n) is 9.91. The monoisotopic (exact) mass is 313 g/mol. The molecule has 20 heavy (non-hydrogen) atoms. The van der Waals surface area contributed by atoms with Gasteiger partial charge in [0.05, 0.1) is 15.8 Å². The normalized spacial score (nSPS) is 12.0. The Morgan fingerprint density at radius 1 is 1.00 bits per heavy atom. The Kier molecular flexibility index (Phi) is 3.18. The minimum atomic E-state index is -4.32. The van der Waals surface area contributed by atoms with E-state index in [0.29, 0.717) is 15.5 Å². The molecule has 102 valence electrons. The first-order valence-electron chi connectivity index (χ1n) is 5.68. The average molecular weight is 314 g/mol. The Hall–Kier alpha value is -1.59. The molecule has 6 heteroatoms. The average Bonchev–Trinajstić information content (AvgIpc) is 2.78. The maximum Gasteiger partial charge on any atom is 0.416 e. The van der Waals surface area contributed by atoms with Crippen LogP contribution in [-0.4, -0.2) is 4.98 Å². The van der Waals surface area contributed by atoms with Gasteiger partial charge >= 0.3 is 6.18 Å². The Morgan fingerprint density at radius 3 is 2.35 bits per heavy atom. The summed E-state index contributed by atoms with van der Waals surface area (Å²) in [5.41, 5.74) is 1.51. The quantitative estimate of drug-likeness (QED) is 0.567. The Bertz CT molecular complexity index is 762. The van der Waals surface area contributed by atoms with E-state index in [1.807, 2.05) is 18.2 Å². The van der Waals surface area contributed by atoms with Crippen LogP contribution < -0.4 is 0 Å². The van der Waals surface area contributed by atoms with E-state index in [9.17, 15) is 13.2 Å². The van der Waals surface area contributed by atoms with Crippen LogP contribution in [0.2, 0.25) is 4.47 Å². The first-order chi connectivity index (χ1) is 9.45. The summed E-state index contributed by atoms with van der Waals surface area (Å²) in [6.07, 6.45) is -4.32. The molecule has 1 heterocycles. The number of hydrogen-bond acceptors (Lipinski definition) is 2. The second-order valence-corrected chi connectivity index (χ2v) is 5.81. The first kappa shape index (κ1) is 13.4. The summed E-state index contributed by atoms with van der Waals surface area (Å²) in [5, 5.41) is 0. The van der Waals surface area contributed by atoms with E-state index < -0.39 is 11.7 Å². The molecule has 0 bridgehead atoms. The Labute approximate surface area is 121 Å². The van der Waals surface area contributed by atoms with Gasteiger partial charge < -0.3 is 0 Å². The number of rotatable bonds is 1. The molecule has 2 aromatic carbocycles. The minimum absolute atomic E-state index is 0.416. The standard InChI is InChI=1S/C14H7ClF3NS/c15-13-19-12-10(2-1-3-11(12)20-13)8-4-6-9(7-5-8)14(16,17)18/h1-7H. The van der Waals surface area contributed by atoms with E-state index >= 15 is 0 Å². The Balaban J connectivity index is 2.11. The maximum atomic E-state index is 12.6. The van der Waals surface area contributed by atoms with Crippen LogP contribution in [0, 0.1) is 0 Å². The van der Waals surface area contributed by atoms with Crippen molar-refractivity contribution in [3.63, 3.8) is 0 Å². The van der Waals surface area contributed by atoms with Gasteiger partial charge in [0, 0.05) is 5.56 Å². The van der Waals surface area contributed by atoms with E-state index in [4.69, 9.17) is 11.6 Å². The molecule has 1 nitrogen and oxygen atoms in total. The number of alkyl halides is 3. The summed E-state index contributed by atoms with van der Waals surface area (Å²) in [4.78, 5) is 4.22. The highest BCUT2D eigenvalue weighted by Gasteiger charge is 2.30. The summed E-state index contributed by atoms with van der Waals surface area (Å²) in [7, 11) is 0. The highest BCUT2D eigenvalue weighted by Crippen LogP contribution is 2.35. The zero-order valence-corrected chi connectivity index (χ0v) is 11.5. The SMILES string of the molecule is FC(F)(F)c1ccc(-c2cccc3sc(Cl)nc23)cc1. The van der Waals surface area contributed by atoms with E-state index in [0.717, 1.165) is 22.4 Å².